The third kappa shape index (κ3) is 2.51. The van der Waals surface area contributed by atoms with E-state index in [0.717, 1.165) is 10.6 Å². The average molecular weight is 332 g/mol. The molecule has 0 N–H and O–H groups in total. The van der Waals surface area contributed by atoms with Crippen LogP contribution in [0.2, 0.25) is 5.02 Å². The molecule has 0 unspecified atom stereocenters. The molecule has 0 bridgehead atoms. The Morgan fingerprint density at radius 1 is 0.750 bits per heavy atom. The summed E-state index contributed by atoms with van der Waals surface area (Å²) in [4.78, 5) is 2.14. The standard InChI is InChI=1S/C22H18ClN/c1-24(2)17-11-12-20-18-5-3-4-6-19(18)21(22(20)14-17)13-15-7-9-16(23)10-8-15/h3-14H,1-2H3/b21-13+. The van der Waals surface area contributed by atoms with Gasteiger partial charge in [-0.2, -0.15) is 0 Å². The van der Waals surface area contributed by atoms with Crippen LogP contribution in [0.4, 0.5) is 5.69 Å². The molecule has 24 heavy (non-hydrogen) atoms. The van der Waals surface area contributed by atoms with Gasteiger partial charge in [-0.25, -0.2) is 0 Å². The van der Waals surface area contributed by atoms with Crippen LogP contribution >= 0.6 is 11.6 Å². The van der Waals surface area contributed by atoms with E-state index < -0.39 is 0 Å². The highest BCUT2D eigenvalue weighted by molar-refractivity contribution is 6.30. The first kappa shape index (κ1) is 15.0. The van der Waals surface area contributed by atoms with Crippen molar-refractivity contribution in [3.63, 3.8) is 0 Å². The van der Waals surface area contributed by atoms with Crippen LogP contribution in [0.15, 0.2) is 66.7 Å². The summed E-state index contributed by atoms with van der Waals surface area (Å²) in [6.07, 6.45) is 2.25. The molecule has 3 aromatic rings. The molecule has 4 rings (SSSR count). The van der Waals surface area contributed by atoms with Gasteiger partial charge in [0.1, 0.15) is 0 Å². The van der Waals surface area contributed by atoms with Crippen molar-refractivity contribution in [3.8, 4) is 11.1 Å². The largest absolute Gasteiger partial charge is 0.378 e. The van der Waals surface area contributed by atoms with E-state index in [0.29, 0.717) is 0 Å². The SMILES string of the molecule is CN(C)c1ccc2c(c1)/C(=C/c1ccc(Cl)cc1)c1ccccc1-2. The topological polar surface area (TPSA) is 3.24 Å². The van der Waals surface area contributed by atoms with Crippen LogP contribution in [-0.2, 0) is 0 Å². The van der Waals surface area contributed by atoms with Gasteiger partial charge in [0.15, 0.2) is 0 Å². The van der Waals surface area contributed by atoms with Gasteiger partial charge < -0.3 is 4.90 Å². The first-order valence-electron chi connectivity index (χ1n) is 8.02. The Kier molecular flexibility index (Phi) is 3.66. The number of rotatable bonds is 2. The number of hydrogen-bond acceptors (Lipinski definition) is 1. The summed E-state index contributed by atoms with van der Waals surface area (Å²) >= 11 is 6.02. The van der Waals surface area contributed by atoms with Gasteiger partial charge >= 0.3 is 0 Å². The van der Waals surface area contributed by atoms with Crippen molar-refractivity contribution < 1.29 is 0 Å². The normalized spacial score (nSPS) is 13.7. The molecule has 0 aromatic heterocycles. The lowest BCUT2D eigenvalue weighted by atomic mass is 10.0. The molecular formula is C22H18ClN. The number of halogens is 1. The fraction of sp³-hybridized carbons (Fsp3) is 0.0909. The number of hydrogen-bond donors (Lipinski definition) is 0. The third-order valence-corrected chi connectivity index (χ3v) is 4.75. The highest BCUT2D eigenvalue weighted by Gasteiger charge is 2.23. The number of benzene rings is 3. The zero-order chi connectivity index (χ0) is 16.7. The van der Waals surface area contributed by atoms with E-state index in [1.807, 2.05) is 12.1 Å². The minimum atomic E-state index is 0.763. The second kappa shape index (κ2) is 5.85. The maximum absolute atomic E-state index is 6.02. The zero-order valence-electron chi connectivity index (χ0n) is 13.8. The first-order valence-corrected chi connectivity index (χ1v) is 8.40. The van der Waals surface area contributed by atoms with Crippen LogP contribution in [0.3, 0.4) is 0 Å². The fourth-order valence-corrected chi connectivity index (χ4v) is 3.37. The molecule has 1 nitrogen and oxygen atoms in total. The summed E-state index contributed by atoms with van der Waals surface area (Å²) in [5.41, 5.74) is 8.83. The number of anilines is 1. The third-order valence-electron chi connectivity index (χ3n) is 4.50. The van der Waals surface area contributed by atoms with Crippen LogP contribution in [0.25, 0.3) is 22.8 Å². The van der Waals surface area contributed by atoms with E-state index in [2.05, 4.69) is 79.7 Å². The predicted molar refractivity (Wildman–Crippen MR) is 105 cm³/mol. The Morgan fingerprint density at radius 2 is 1.42 bits per heavy atom. The van der Waals surface area contributed by atoms with Gasteiger partial charge in [-0.05, 0) is 63.7 Å². The highest BCUT2D eigenvalue weighted by atomic mass is 35.5. The van der Waals surface area contributed by atoms with Gasteiger partial charge in [0, 0.05) is 24.8 Å². The smallest absolute Gasteiger partial charge is 0.0406 e. The molecule has 0 aliphatic heterocycles. The van der Waals surface area contributed by atoms with E-state index in [-0.39, 0.29) is 0 Å². The minimum Gasteiger partial charge on any atom is -0.378 e. The Morgan fingerprint density at radius 3 is 2.12 bits per heavy atom. The summed E-state index contributed by atoms with van der Waals surface area (Å²) in [6, 6.07) is 23.3. The molecular weight excluding hydrogens is 314 g/mol. The Hall–Kier alpha value is -2.51. The maximum Gasteiger partial charge on any atom is 0.0406 e. The molecule has 0 atom stereocenters. The number of nitrogens with zero attached hydrogens (tertiary/aromatic N) is 1. The van der Waals surface area contributed by atoms with Crippen molar-refractivity contribution in [1.82, 2.24) is 0 Å². The second-order valence-corrected chi connectivity index (χ2v) is 6.72. The van der Waals surface area contributed by atoms with E-state index in [4.69, 9.17) is 11.6 Å². The van der Waals surface area contributed by atoms with Crippen LogP contribution < -0.4 is 4.90 Å². The molecule has 1 aliphatic rings. The monoisotopic (exact) mass is 331 g/mol. The summed E-state index contributed by atoms with van der Waals surface area (Å²) in [5, 5.41) is 0.763. The van der Waals surface area contributed by atoms with Gasteiger partial charge in [-0.15, -0.1) is 0 Å². The lowest BCUT2D eigenvalue weighted by molar-refractivity contribution is 1.13. The molecule has 2 heteroatoms. The second-order valence-electron chi connectivity index (χ2n) is 6.28. The average Bonchev–Trinajstić information content (AvgIpc) is 2.90. The Bertz CT molecular complexity index is 936. The van der Waals surface area contributed by atoms with Gasteiger partial charge in [-0.1, -0.05) is 54.1 Å². The molecule has 0 spiro atoms. The molecule has 0 radical (unpaired) electrons. The van der Waals surface area contributed by atoms with Crippen LogP contribution in [0, 0.1) is 0 Å². The van der Waals surface area contributed by atoms with Crippen molar-refractivity contribution >= 4 is 28.9 Å². The lowest BCUT2D eigenvalue weighted by Gasteiger charge is -2.14. The first-order chi connectivity index (χ1) is 11.6. The van der Waals surface area contributed by atoms with Crippen molar-refractivity contribution in [2.75, 3.05) is 19.0 Å². The summed E-state index contributed by atoms with van der Waals surface area (Å²) in [6.45, 7) is 0. The van der Waals surface area contributed by atoms with Crippen molar-refractivity contribution in [2.45, 2.75) is 0 Å². The quantitative estimate of drug-likeness (QED) is 0.437. The minimum absolute atomic E-state index is 0.763. The predicted octanol–water partition coefficient (Wildman–Crippen LogP) is 5.98. The molecule has 118 valence electrons. The van der Waals surface area contributed by atoms with Crippen LogP contribution in [-0.4, -0.2) is 14.1 Å². The van der Waals surface area contributed by atoms with Gasteiger partial charge in [0.05, 0.1) is 0 Å². The highest BCUT2D eigenvalue weighted by Crippen LogP contribution is 2.46. The molecule has 0 heterocycles. The molecule has 0 saturated carbocycles. The van der Waals surface area contributed by atoms with Crippen molar-refractivity contribution in [2.24, 2.45) is 0 Å². The summed E-state index contributed by atoms with van der Waals surface area (Å²) in [5.74, 6) is 0. The maximum atomic E-state index is 6.02. The Labute approximate surface area is 147 Å². The van der Waals surface area contributed by atoms with E-state index in [1.54, 1.807) is 0 Å². The molecule has 1 aliphatic carbocycles. The van der Waals surface area contributed by atoms with Crippen molar-refractivity contribution in [1.29, 1.82) is 0 Å². The van der Waals surface area contributed by atoms with Gasteiger partial charge in [-0.3, -0.25) is 0 Å². The van der Waals surface area contributed by atoms with E-state index in [1.165, 1.54) is 33.5 Å². The molecule has 3 aromatic carbocycles. The van der Waals surface area contributed by atoms with E-state index >= 15 is 0 Å². The lowest BCUT2D eigenvalue weighted by Crippen LogP contribution is -2.08. The van der Waals surface area contributed by atoms with Crippen LogP contribution in [0.1, 0.15) is 16.7 Å². The van der Waals surface area contributed by atoms with E-state index in [9.17, 15) is 0 Å². The van der Waals surface area contributed by atoms with Gasteiger partial charge in [0.25, 0.3) is 0 Å². The molecule has 0 amide bonds. The Balaban J connectivity index is 1.93. The number of fused-ring (bicyclic) bond motifs is 3. The zero-order valence-corrected chi connectivity index (χ0v) is 14.5. The molecule has 0 saturated heterocycles. The summed E-state index contributed by atoms with van der Waals surface area (Å²) < 4.78 is 0. The van der Waals surface area contributed by atoms with Gasteiger partial charge in [0.2, 0.25) is 0 Å². The summed E-state index contributed by atoms with van der Waals surface area (Å²) in [7, 11) is 4.15. The fourth-order valence-electron chi connectivity index (χ4n) is 3.25. The van der Waals surface area contributed by atoms with Crippen LogP contribution in [0.5, 0.6) is 0 Å². The molecule has 0 fully saturated rings. The van der Waals surface area contributed by atoms with Crippen molar-refractivity contribution in [3.05, 3.63) is 88.4 Å².